The number of carboxylic acids is 1. The summed E-state index contributed by atoms with van der Waals surface area (Å²) in [5, 5.41) is 32.9. The van der Waals surface area contributed by atoms with Crippen LogP contribution in [0.3, 0.4) is 0 Å². The van der Waals surface area contributed by atoms with Crippen molar-refractivity contribution in [3.05, 3.63) is 107 Å². The number of carbonyl (C=O) groups is 1. The molecule has 0 unspecified atom stereocenters. The molecule has 0 saturated heterocycles. The van der Waals surface area contributed by atoms with E-state index < -0.39 is 5.97 Å². The number of nitrogens with one attached hydrogen (secondary N) is 2. The highest BCUT2D eigenvalue weighted by molar-refractivity contribution is 7.99. The number of aryl methyl sites for hydroxylation is 1. The third-order valence-electron chi connectivity index (χ3n) is 10.2. The van der Waals surface area contributed by atoms with Crippen LogP contribution in [0, 0.1) is 0 Å². The fraction of sp³-hybridized carbons (Fsp3) is 0.163. The van der Waals surface area contributed by atoms with E-state index in [1.54, 1.807) is 42.7 Å². The number of ether oxygens (including phenoxy) is 2. The third kappa shape index (κ3) is 7.17. The minimum Gasteiger partial charge on any atom is -0.508 e. The van der Waals surface area contributed by atoms with Crippen LogP contribution in [0.25, 0.3) is 55.7 Å². The van der Waals surface area contributed by atoms with E-state index in [4.69, 9.17) is 36.8 Å². The summed E-state index contributed by atoms with van der Waals surface area (Å²) in [7, 11) is 0. The first-order valence-corrected chi connectivity index (χ1v) is 20.1. The minimum absolute atomic E-state index is 0.00449. The van der Waals surface area contributed by atoms with Crippen LogP contribution in [0.2, 0.25) is 0 Å². The molecule has 6 N–H and O–H groups in total. The van der Waals surface area contributed by atoms with Gasteiger partial charge in [-0.15, -0.1) is 0 Å². The Morgan fingerprint density at radius 2 is 1.83 bits per heavy atom. The number of hydrogen-bond acceptors (Lipinski definition) is 12. The summed E-state index contributed by atoms with van der Waals surface area (Å²) in [4.78, 5) is 37.3. The molecule has 6 aromatic rings. The Balaban J connectivity index is 0.980. The molecule has 302 valence electrons. The number of aromatic carboxylic acids is 1. The predicted molar refractivity (Wildman–Crippen MR) is 232 cm³/mol. The molecule has 60 heavy (non-hydrogen) atoms. The van der Waals surface area contributed by atoms with E-state index in [-0.39, 0.29) is 35.3 Å². The zero-order valence-electron chi connectivity index (χ0n) is 32.1. The molecule has 0 spiro atoms. The van der Waals surface area contributed by atoms with Gasteiger partial charge in [-0.05, 0) is 98.7 Å². The largest absolute Gasteiger partial charge is 0.508 e. The van der Waals surface area contributed by atoms with Crippen molar-refractivity contribution in [2.24, 2.45) is 0 Å². The Hall–Kier alpha value is -7.11. The number of nitrogens with zero attached hydrogens (tertiary/aromatic N) is 5. The predicted octanol–water partition coefficient (Wildman–Crippen LogP) is 8.06. The lowest BCUT2D eigenvalue weighted by atomic mass is 9.90. The molecule has 0 radical (unpaired) electrons. The maximum Gasteiger partial charge on any atom is 0.336 e. The van der Waals surface area contributed by atoms with Gasteiger partial charge < -0.3 is 44.6 Å². The van der Waals surface area contributed by atoms with Gasteiger partial charge in [0.05, 0.1) is 16.8 Å². The molecule has 3 aliphatic rings. The number of fused-ring (bicyclic) bond motifs is 4. The molecule has 17 heteroatoms. The highest BCUT2D eigenvalue weighted by Gasteiger charge is 2.25. The number of hydrogen-bond donors (Lipinski definition) is 5. The molecule has 0 saturated carbocycles. The van der Waals surface area contributed by atoms with E-state index in [1.807, 2.05) is 43.0 Å². The van der Waals surface area contributed by atoms with Crippen LogP contribution < -0.4 is 26.0 Å². The van der Waals surface area contributed by atoms with E-state index in [9.17, 15) is 19.8 Å². The van der Waals surface area contributed by atoms with Crippen LogP contribution in [0.4, 0.5) is 11.5 Å². The van der Waals surface area contributed by atoms with Crippen molar-refractivity contribution >= 4 is 68.6 Å². The van der Waals surface area contributed by atoms with E-state index >= 15 is 0 Å². The number of nitrogens with two attached hydrogens (primary N) is 1. The number of aromatic nitrogens is 5. The SMILES string of the molecule is CC(C)N(CCCn1c(Sc2cc3c(cc2-c2ccn[nH]2)OCO3)nc2c(N)nccc21)C(=S)Nc1ccc(-c2c3ccc(=O)cc-3oc3cc(O)ccc23)c(C(=O)O)c1. The number of phenols is 1. The molecule has 0 bridgehead atoms. The fourth-order valence-corrected chi connectivity index (χ4v) is 8.92. The zero-order chi connectivity index (χ0) is 41.7. The minimum atomic E-state index is -1.16. The summed E-state index contributed by atoms with van der Waals surface area (Å²) < 4.78 is 19.5. The average molecular weight is 841 g/mol. The first-order valence-electron chi connectivity index (χ1n) is 18.9. The van der Waals surface area contributed by atoms with Gasteiger partial charge in [0.15, 0.2) is 33.0 Å². The molecule has 0 fully saturated rings. The van der Waals surface area contributed by atoms with Gasteiger partial charge in [0.1, 0.15) is 22.6 Å². The number of aromatic amines is 1. The van der Waals surface area contributed by atoms with Crippen molar-refractivity contribution in [3.8, 4) is 51.0 Å². The lowest BCUT2D eigenvalue weighted by Gasteiger charge is -2.30. The Bertz CT molecular complexity index is 3000. The Morgan fingerprint density at radius 1 is 1.02 bits per heavy atom. The number of pyridine rings is 1. The molecule has 3 aromatic heterocycles. The van der Waals surface area contributed by atoms with Gasteiger partial charge in [-0.1, -0.05) is 17.8 Å². The van der Waals surface area contributed by atoms with Crippen LogP contribution in [-0.2, 0) is 6.54 Å². The van der Waals surface area contributed by atoms with Crippen LogP contribution in [-0.4, -0.2) is 70.3 Å². The number of H-pyrrole nitrogens is 1. The van der Waals surface area contributed by atoms with Crippen molar-refractivity contribution in [2.45, 2.75) is 42.9 Å². The summed E-state index contributed by atoms with van der Waals surface area (Å²) in [5.74, 6) is 0.697. The normalized spacial score (nSPS) is 12.2. The summed E-state index contributed by atoms with van der Waals surface area (Å²) in [6, 6.07) is 21.6. The van der Waals surface area contributed by atoms with Gasteiger partial charge in [0.2, 0.25) is 6.79 Å². The Labute approximate surface area is 351 Å². The van der Waals surface area contributed by atoms with Crippen LogP contribution in [0.5, 0.6) is 17.2 Å². The lowest BCUT2D eigenvalue weighted by Crippen LogP contribution is -2.40. The van der Waals surface area contributed by atoms with Gasteiger partial charge in [0, 0.05) is 76.3 Å². The Morgan fingerprint density at radius 3 is 2.62 bits per heavy atom. The first-order chi connectivity index (χ1) is 29.0. The first kappa shape index (κ1) is 38.4. The van der Waals surface area contributed by atoms with E-state index in [0.29, 0.717) is 86.0 Å². The smallest absolute Gasteiger partial charge is 0.336 e. The molecule has 5 heterocycles. The molecule has 2 aliphatic heterocycles. The Kier molecular flexibility index (Phi) is 9.97. The van der Waals surface area contributed by atoms with Gasteiger partial charge in [-0.25, -0.2) is 14.8 Å². The molecular weight excluding hydrogens is 805 g/mol. The molecular formula is C43H36N8O7S2. The van der Waals surface area contributed by atoms with Crippen molar-refractivity contribution < 1.29 is 28.9 Å². The molecule has 9 rings (SSSR count). The molecule has 3 aromatic carbocycles. The zero-order valence-corrected chi connectivity index (χ0v) is 33.8. The standard InChI is InChI=1S/C43H36N8O7S2/c1-22(2)50(42(59)47-23-4-7-26(29(16-23)41(54)55)38-27-8-5-24(52)17-33(27)58-34-18-25(53)6-9-28(34)38)14-3-15-51-32-11-12-45-40(44)39(32)48-43(51)60-37-20-36-35(56-21-57-36)19-30(37)31-10-13-46-49-31/h4-13,16-20,22,52H,3,14-15,21H2,1-2H3,(H2,44,45)(H,46,49)(H,47,59)(H,54,55). The highest BCUT2D eigenvalue weighted by Crippen LogP contribution is 2.45. The van der Waals surface area contributed by atoms with Gasteiger partial charge in [0.25, 0.3) is 0 Å². The summed E-state index contributed by atoms with van der Waals surface area (Å²) in [6.07, 6.45) is 4.03. The monoisotopic (exact) mass is 840 g/mol. The summed E-state index contributed by atoms with van der Waals surface area (Å²) in [6.45, 7) is 5.34. The van der Waals surface area contributed by atoms with Crippen molar-refractivity contribution in [1.82, 2.24) is 29.6 Å². The lowest BCUT2D eigenvalue weighted by molar-refractivity contribution is 0.0697. The number of phenolic OH excluding ortho intramolecular Hbond substituents is 1. The van der Waals surface area contributed by atoms with Gasteiger partial charge in [-0.2, -0.15) is 5.10 Å². The van der Waals surface area contributed by atoms with Crippen molar-refractivity contribution in [1.29, 1.82) is 0 Å². The second-order valence-corrected chi connectivity index (χ2v) is 15.7. The summed E-state index contributed by atoms with van der Waals surface area (Å²) in [5.41, 5.74) is 11.5. The number of nitrogen functional groups attached to an aromatic ring is 1. The molecule has 1 aliphatic carbocycles. The maximum atomic E-state index is 12.9. The quantitative estimate of drug-likeness (QED) is 0.0617. The van der Waals surface area contributed by atoms with Crippen molar-refractivity contribution in [2.75, 3.05) is 24.4 Å². The van der Waals surface area contributed by atoms with Gasteiger partial charge >= 0.3 is 5.97 Å². The van der Waals surface area contributed by atoms with Crippen LogP contribution in [0.1, 0.15) is 30.6 Å². The molecule has 0 atom stereocenters. The number of imidazole rings is 1. The number of benzene rings is 4. The van der Waals surface area contributed by atoms with E-state index in [0.717, 1.165) is 21.7 Å². The number of rotatable bonds is 11. The number of aromatic hydroxyl groups is 1. The third-order valence-corrected chi connectivity index (χ3v) is 11.6. The number of anilines is 2. The van der Waals surface area contributed by atoms with E-state index in [1.165, 1.54) is 36.0 Å². The average Bonchev–Trinajstić information content (AvgIpc) is 3.99. The highest BCUT2D eigenvalue weighted by atomic mass is 32.2. The van der Waals surface area contributed by atoms with Crippen molar-refractivity contribution in [3.63, 3.8) is 0 Å². The number of thiocarbonyl (C=S) groups is 1. The van der Waals surface area contributed by atoms with Gasteiger partial charge in [-0.3, -0.25) is 9.89 Å². The number of carboxylic acid groups (broad SMARTS) is 1. The van der Waals surface area contributed by atoms with Crippen LogP contribution >= 0.6 is 24.0 Å². The van der Waals surface area contributed by atoms with Crippen LogP contribution in [0.15, 0.2) is 111 Å². The second kappa shape index (κ2) is 15.6. The van der Waals surface area contributed by atoms with E-state index in [2.05, 4.69) is 25.1 Å². The summed E-state index contributed by atoms with van der Waals surface area (Å²) >= 11 is 7.43. The topological polar surface area (TPSA) is 207 Å². The fourth-order valence-electron chi connectivity index (χ4n) is 7.42. The maximum absolute atomic E-state index is 12.9. The molecule has 0 amide bonds. The second-order valence-electron chi connectivity index (χ2n) is 14.3. The molecule has 15 nitrogen and oxygen atoms in total.